The van der Waals surface area contributed by atoms with E-state index in [2.05, 4.69) is 26.1 Å². The Hall–Kier alpha value is -0.0400. The van der Waals surface area contributed by atoms with E-state index >= 15 is 0 Å². The molecule has 3 atom stereocenters. The van der Waals surface area contributed by atoms with Crippen LogP contribution in [0.25, 0.3) is 0 Å². The van der Waals surface area contributed by atoms with Gasteiger partial charge in [0.1, 0.15) is 0 Å². The molecule has 0 aliphatic heterocycles. The van der Waals surface area contributed by atoms with E-state index in [1.165, 1.54) is 51.5 Å². The highest BCUT2D eigenvalue weighted by atomic mass is 14.9. The number of rotatable bonds is 6. The van der Waals surface area contributed by atoms with Gasteiger partial charge >= 0.3 is 0 Å². The Morgan fingerprint density at radius 2 is 2.00 bits per heavy atom. The van der Waals surface area contributed by atoms with Crippen LogP contribution < -0.4 is 5.32 Å². The van der Waals surface area contributed by atoms with Gasteiger partial charge < -0.3 is 5.32 Å². The van der Waals surface area contributed by atoms with Gasteiger partial charge in [-0.25, -0.2) is 0 Å². The van der Waals surface area contributed by atoms with Crippen molar-refractivity contribution in [3.63, 3.8) is 0 Å². The van der Waals surface area contributed by atoms with Gasteiger partial charge in [0.05, 0.1) is 0 Å². The molecule has 90 valence electrons. The molecule has 0 saturated heterocycles. The van der Waals surface area contributed by atoms with Gasteiger partial charge in [0.25, 0.3) is 0 Å². The SMILES string of the molecule is CCCCC(C)NCC1CCCCC1C. The molecule has 0 heterocycles. The van der Waals surface area contributed by atoms with Crippen LogP contribution in [0.1, 0.15) is 65.7 Å². The van der Waals surface area contributed by atoms with Crippen LogP contribution in [0.4, 0.5) is 0 Å². The largest absolute Gasteiger partial charge is 0.314 e. The van der Waals surface area contributed by atoms with Crippen molar-refractivity contribution in [3.05, 3.63) is 0 Å². The molecule has 1 N–H and O–H groups in total. The van der Waals surface area contributed by atoms with E-state index in [0.717, 1.165) is 17.9 Å². The number of hydrogen-bond acceptors (Lipinski definition) is 1. The second-order valence-corrected chi connectivity index (χ2v) is 5.47. The Morgan fingerprint density at radius 1 is 1.27 bits per heavy atom. The van der Waals surface area contributed by atoms with Crippen molar-refractivity contribution in [1.29, 1.82) is 0 Å². The molecule has 0 bridgehead atoms. The first kappa shape index (κ1) is 13.0. The monoisotopic (exact) mass is 211 g/mol. The molecule has 3 unspecified atom stereocenters. The number of nitrogens with one attached hydrogen (secondary N) is 1. The van der Waals surface area contributed by atoms with E-state index in [1.54, 1.807) is 0 Å². The van der Waals surface area contributed by atoms with Crippen LogP contribution >= 0.6 is 0 Å². The first-order valence-corrected chi connectivity index (χ1v) is 6.97. The summed E-state index contributed by atoms with van der Waals surface area (Å²) in [5, 5.41) is 3.72. The zero-order valence-corrected chi connectivity index (χ0v) is 10.9. The second kappa shape index (κ2) is 7.27. The van der Waals surface area contributed by atoms with Gasteiger partial charge in [0, 0.05) is 6.04 Å². The van der Waals surface area contributed by atoms with Crippen LogP contribution in [0.5, 0.6) is 0 Å². The van der Waals surface area contributed by atoms with Crippen molar-refractivity contribution in [2.75, 3.05) is 6.54 Å². The molecule has 1 heteroatoms. The summed E-state index contributed by atoms with van der Waals surface area (Å²) in [4.78, 5) is 0. The summed E-state index contributed by atoms with van der Waals surface area (Å²) in [6, 6.07) is 0.721. The van der Waals surface area contributed by atoms with E-state index in [1.807, 2.05) is 0 Å². The molecule has 1 fully saturated rings. The molecular weight excluding hydrogens is 182 g/mol. The van der Waals surface area contributed by atoms with E-state index < -0.39 is 0 Å². The number of unbranched alkanes of at least 4 members (excludes halogenated alkanes) is 1. The first-order valence-electron chi connectivity index (χ1n) is 6.97. The van der Waals surface area contributed by atoms with Crippen molar-refractivity contribution in [2.24, 2.45) is 11.8 Å². The van der Waals surface area contributed by atoms with Gasteiger partial charge in [-0.3, -0.25) is 0 Å². The molecule has 1 aliphatic carbocycles. The lowest BCUT2D eigenvalue weighted by molar-refractivity contribution is 0.240. The third kappa shape index (κ3) is 5.01. The Balaban J connectivity index is 2.11. The Labute approximate surface area is 96.0 Å². The summed E-state index contributed by atoms with van der Waals surface area (Å²) in [7, 11) is 0. The van der Waals surface area contributed by atoms with Crippen LogP contribution in [-0.4, -0.2) is 12.6 Å². The molecule has 0 aromatic heterocycles. The van der Waals surface area contributed by atoms with Crippen molar-refractivity contribution in [2.45, 2.75) is 71.8 Å². The van der Waals surface area contributed by atoms with Crippen LogP contribution in [0.3, 0.4) is 0 Å². The average molecular weight is 211 g/mol. The second-order valence-electron chi connectivity index (χ2n) is 5.47. The minimum absolute atomic E-state index is 0.721. The Kier molecular flexibility index (Phi) is 6.31. The zero-order valence-electron chi connectivity index (χ0n) is 10.9. The van der Waals surface area contributed by atoms with Crippen molar-refractivity contribution in [3.8, 4) is 0 Å². The normalized spacial score (nSPS) is 29.0. The maximum absolute atomic E-state index is 3.72. The molecule has 15 heavy (non-hydrogen) atoms. The zero-order chi connectivity index (χ0) is 11.1. The molecule has 0 spiro atoms. The van der Waals surface area contributed by atoms with Gasteiger partial charge in [-0.05, 0) is 38.1 Å². The highest BCUT2D eigenvalue weighted by molar-refractivity contribution is 4.75. The van der Waals surface area contributed by atoms with Crippen molar-refractivity contribution in [1.82, 2.24) is 5.32 Å². The van der Waals surface area contributed by atoms with Gasteiger partial charge in [-0.1, -0.05) is 46.0 Å². The molecule has 1 aliphatic rings. The molecule has 1 nitrogen and oxygen atoms in total. The molecule has 0 aromatic rings. The standard InChI is InChI=1S/C14H29N/c1-4-5-9-13(3)15-11-14-10-7-6-8-12(14)2/h12-15H,4-11H2,1-3H3. The quantitative estimate of drug-likeness (QED) is 0.700. The Morgan fingerprint density at radius 3 is 2.67 bits per heavy atom. The van der Waals surface area contributed by atoms with Gasteiger partial charge in [-0.2, -0.15) is 0 Å². The topological polar surface area (TPSA) is 12.0 Å². The molecule has 0 radical (unpaired) electrons. The molecule has 1 saturated carbocycles. The molecule has 1 rings (SSSR count). The third-order valence-electron chi connectivity index (χ3n) is 4.01. The summed E-state index contributed by atoms with van der Waals surface area (Å²) in [5.41, 5.74) is 0. The summed E-state index contributed by atoms with van der Waals surface area (Å²) in [6.07, 6.45) is 9.87. The fourth-order valence-corrected chi connectivity index (χ4v) is 2.66. The van der Waals surface area contributed by atoms with Crippen molar-refractivity contribution < 1.29 is 0 Å². The van der Waals surface area contributed by atoms with Gasteiger partial charge in [-0.15, -0.1) is 0 Å². The summed E-state index contributed by atoms with van der Waals surface area (Å²) in [6.45, 7) is 8.30. The Bertz CT molecular complexity index is 155. The number of hydrogen-bond donors (Lipinski definition) is 1. The minimum Gasteiger partial charge on any atom is -0.314 e. The fraction of sp³-hybridized carbons (Fsp3) is 1.00. The van der Waals surface area contributed by atoms with E-state index in [0.29, 0.717) is 0 Å². The first-order chi connectivity index (χ1) is 7.24. The molecular formula is C14H29N. The van der Waals surface area contributed by atoms with E-state index in [4.69, 9.17) is 0 Å². The maximum atomic E-state index is 3.72. The maximum Gasteiger partial charge on any atom is 0.00388 e. The summed E-state index contributed by atoms with van der Waals surface area (Å²) in [5.74, 6) is 1.90. The predicted molar refractivity (Wildman–Crippen MR) is 68.1 cm³/mol. The van der Waals surface area contributed by atoms with Crippen LogP contribution in [0.15, 0.2) is 0 Å². The van der Waals surface area contributed by atoms with Crippen molar-refractivity contribution >= 4 is 0 Å². The lowest BCUT2D eigenvalue weighted by Crippen LogP contribution is -2.34. The average Bonchev–Trinajstić information content (AvgIpc) is 2.25. The molecule has 0 amide bonds. The minimum atomic E-state index is 0.721. The smallest absolute Gasteiger partial charge is 0.00388 e. The van der Waals surface area contributed by atoms with Gasteiger partial charge in [0.2, 0.25) is 0 Å². The van der Waals surface area contributed by atoms with E-state index in [9.17, 15) is 0 Å². The summed E-state index contributed by atoms with van der Waals surface area (Å²) >= 11 is 0. The van der Waals surface area contributed by atoms with Crippen LogP contribution in [0, 0.1) is 11.8 Å². The van der Waals surface area contributed by atoms with E-state index in [-0.39, 0.29) is 0 Å². The highest BCUT2D eigenvalue weighted by Gasteiger charge is 2.21. The van der Waals surface area contributed by atoms with Gasteiger partial charge in [0.15, 0.2) is 0 Å². The molecule has 0 aromatic carbocycles. The highest BCUT2D eigenvalue weighted by Crippen LogP contribution is 2.28. The summed E-state index contributed by atoms with van der Waals surface area (Å²) < 4.78 is 0. The predicted octanol–water partition coefficient (Wildman–Crippen LogP) is 3.98. The lowest BCUT2D eigenvalue weighted by atomic mass is 9.80. The third-order valence-corrected chi connectivity index (χ3v) is 4.01. The van der Waals surface area contributed by atoms with Crippen LogP contribution in [0.2, 0.25) is 0 Å². The van der Waals surface area contributed by atoms with Crippen LogP contribution in [-0.2, 0) is 0 Å². The fourth-order valence-electron chi connectivity index (χ4n) is 2.66. The lowest BCUT2D eigenvalue weighted by Gasteiger charge is -2.30.